The van der Waals surface area contributed by atoms with Crippen LogP contribution in [0.1, 0.15) is 6.92 Å². The lowest BCUT2D eigenvalue weighted by Gasteiger charge is -2.37. The zero-order chi connectivity index (χ0) is 25.4. The molecule has 2 fully saturated rings. The summed E-state index contributed by atoms with van der Waals surface area (Å²) in [5.74, 6) is -0.453. The third-order valence-corrected chi connectivity index (χ3v) is 6.57. The summed E-state index contributed by atoms with van der Waals surface area (Å²) in [4.78, 5) is 56.8. The first-order valence-electron chi connectivity index (χ1n) is 11.7. The molecule has 0 spiro atoms. The highest BCUT2D eigenvalue weighted by Gasteiger charge is 2.44. The van der Waals surface area contributed by atoms with E-state index in [-0.39, 0.29) is 31.5 Å². The molecule has 10 nitrogen and oxygen atoms in total. The van der Waals surface area contributed by atoms with E-state index in [0.29, 0.717) is 30.3 Å². The molecule has 188 valence electrons. The molecule has 0 N–H and O–H groups in total. The maximum atomic E-state index is 13.3. The van der Waals surface area contributed by atoms with Crippen molar-refractivity contribution in [3.8, 4) is 11.5 Å². The van der Waals surface area contributed by atoms with Crippen molar-refractivity contribution in [1.82, 2.24) is 14.7 Å². The van der Waals surface area contributed by atoms with Crippen molar-refractivity contribution in [2.45, 2.75) is 19.1 Å². The summed E-state index contributed by atoms with van der Waals surface area (Å²) in [5, 5.41) is 0. The van der Waals surface area contributed by atoms with Crippen molar-refractivity contribution in [3.05, 3.63) is 54.3 Å². The molecular weight excluding hydrogens is 471 g/mol. The van der Waals surface area contributed by atoms with Crippen molar-refractivity contribution < 1.29 is 33.0 Å². The Balaban J connectivity index is 1.16. The van der Waals surface area contributed by atoms with E-state index in [2.05, 4.69) is 0 Å². The minimum absolute atomic E-state index is 0.108. The van der Waals surface area contributed by atoms with Gasteiger partial charge in [0.05, 0.1) is 0 Å². The minimum Gasteiger partial charge on any atom is -0.485 e. The lowest BCUT2D eigenvalue weighted by molar-refractivity contribution is -0.146. The molecule has 11 heteroatoms. The lowest BCUT2D eigenvalue weighted by atomic mass is 10.2. The Hall–Kier alpha value is -4.15. The summed E-state index contributed by atoms with van der Waals surface area (Å²) >= 11 is 0. The van der Waals surface area contributed by atoms with Gasteiger partial charge in [-0.1, -0.05) is 12.1 Å². The van der Waals surface area contributed by atoms with Crippen molar-refractivity contribution in [2.24, 2.45) is 0 Å². The van der Waals surface area contributed by atoms with Gasteiger partial charge in [0.1, 0.15) is 25.0 Å². The van der Waals surface area contributed by atoms with Crippen LogP contribution in [0.25, 0.3) is 0 Å². The van der Waals surface area contributed by atoms with Gasteiger partial charge in [0.15, 0.2) is 11.5 Å². The normalized spacial score (nSPS) is 21.7. The van der Waals surface area contributed by atoms with E-state index >= 15 is 0 Å². The Morgan fingerprint density at radius 3 is 2.28 bits per heavy atom. The fourth-order valence-electron chi connectivity index (χ4n) is 4.56. The number of ether oxygens (including phenoxy) is 2. The van der Waals surface area contributed by atoms with Gasteiger partial charge in [0.25, 0.3) is 11.8 Å². The van der Waals surface area contributed by atoms with Gasteiger partial charge in [-0.15, -0.1) is 0 Å². The van der Waals surface area contributed by atoms with E-state index in [0.717, 1.165) is 4.90 Å². The number of imide groups is 1. The van der Waals surface area contributed by atoms with Crippen molar-refractivity contribution >= 4 is 29.4 Å². The average molecular weight is 496 g/mol. The van der Waals surface area contributed by atoms with Gasteiger partial charge in [-0.05, 0) is 43.3 Å². The number of para-hydroxylation sites is 2. The maximum absolute atomic E-state index is 13.3. The van der Waals surface area contributed by atoms with Crippen molar-refractivity contribution in [2.75, 3.05) is 44.2 Å². The minimum atomic E-state index is -0.812. The molecule has 3 heterocycles. The van der Waals surface area contributed by atoms with Gasteiger partial charge in [-0.3, -0.25) is 24.2 Å². The Kier molecular flexibility index (Phi) is 6.21. The molecule has 2 aromatic carbocycles. The smallest absolute Gasteiger partial charge is 0.332 e. The van der Waals surface area contributed by atoms with Crippen molar-refractivity contribution in [1.29, 1.82) is 0 Å². The van der Waals surface area contributed by atoms with Crippen LogP contribution in [0.4, 0.5) is 14.9 Å². The number of anilines is 1. The number of piperazine rings is 1. The quantitative estimate of drug-likeness (QED) is 0.595. The molecule has 5 amide bonds. The van der Waals surface area contributed by atoms with E-state index in [1.807, 2.05) is 6.07 Å². The van der Waals surface area contributed by atoms with Crippen LogP contribution in [-0.4, -0.2) is 89.9 Å². The highest BCUT2D eigenvalue weighted by Crippen LogP contribution is 2.31. The molecule has 5 rings (SSSR count). The highest BCUT2D eigenvalue weighted by atomic mass is 19.1. The molecule has 0 aliphatic carbocycles. The Bertz CT molecular complexity index is 1200. The zero-order valence-corrected chi connectivity index (χ0v) is 19.6. The van der Waals surface area contributed by atoms with E-state index in [4.69, 9.17) is 9.47 Å². The lowest BCUT2D eigenvalue weighted by Crippen LogP contribution is -2.56. The Labute approximate surface area is 206 Å². The number of amides is 5. The molecule has 36 heavy (non-hydrogen) atoms. The number of halogens is 1. The van der Waals surface area contributed by atoms with E-state index in [1.54, 1.807) is 30.0 Å². The van der Waals surface area contributed by atoms with Gasteiger partial charge in [-0.25, -0.2) is 9.18 Å². The second-order valence-corrected chi connectivity index (χ2v) is 8.80. The molecule has 2 atom stereocenters. The molecule has 0 radical (unpaired) electrons. The van der Waals surface area contributed by atoms with Crippen LogP contribution in [0.2, 0.25) is 0 Å². The molecule has 3 aliphatic heterocycles. The molecule has 0 aromatic heterocycles. The van der Waals surface area contributed by atoms with Gasteiger partial charge in [0.2, 0.25) is 12.0 Å². The second-order valence-electron chi connectivity index (χ2n) is 8.80. The molecule has 2 aromatic rings. The monoisotopic (exact) mass is 496 g/mol. The Morgan fingerprint density at radius 2 is 1.58 bits per heavy atom. The maximum Gasteiger partial charge on any atom is 0.332 e. The summed E-state index contributed by atoms with van der Waals surface area (Å²) in [7, 11) is 0. The number of urea groups is 1. The van der Waals surface area contributed by atoms with E-state index in [1.165, 1.54) is 34.1 Å². The molecule has 0 saturated carbocycles. The van der Waals surface area contributed by atoms with E-state index in [9.17, 15) is 23.6 Å². The number of hydrogen-bond donors (Lipinski definition) is 0. The van der Waals surface area contributed by atoms with Crippen LogP contribution in [0, 0.1) is 5.82 Å². The summed E-state index contributed by atoms with van der Waals surface area (Å²) in [5.41, 5.74) is 0.376. The first kappa shape index (κ1) is 23.6. The molecule has 3 aliphatic rings. The fourth-order valence-corrected chi connectivity index (χ4v) is 4.56. The summed E-state index contributed by atoms with van der Waals surface area (Å²) in [6.45, 7) is 2.40. The van der Waals surface area contributed by atoms with Crippen LogP contribution in [0.3, 0.4) is 0 Å². The summed E-state index contributed by atoms with van der Waals surface area (Å²) < 4.78 is 24.7. The third kappa shape index (κ3) is 4.32. The first-order chi connectivity index (χ1) is 17.3. The van der Waals surface area contributed by atoms with Crippen LogP contribution in [0.5, 0.6) is 11.5 Å². The number of benzene rings is 2. The average Bonchev–Trinajstić information content (AvgIpc) is 3.11. The topological polar surface area (TPSA) is 99.7 Å². The number of carbonyl (C=O) groups excluding carboxylic acids is 4. The predicted molar refractivity (Wildman–Crippen MR) is 125 cm³/mol. The zero-order valence-electron chi connectivity index (χ0n) is 19.6. The largest absolute Gasteiger partial charge is 0.485 e. The van der Waals surface area contributed by atoms with Gasteiger partial charge < -0.3 is 19.3 Å². The predicted octanol–water partition coefficient (Wildman–Crippen LogP) is 1.49. The van der Waals surface area contributed by atoms with Crippen LogP contribution >= 0.6 is 0 Å². The number of nitrogens with zero attached hydrogens (tertiary/aromatic N) is 4. The SMILES string of the molecule is CC1C(=O)N(CC(=O)N2CCN(C(=O)C3COc4ccccc4O3)CC2)C(=O)N1c1ccc(F)cc1. The molecular formula is C25H25FN4O6. The van der Waals surface area contributed by atoms with Crippen LogP contribution < -0.4 is 14.4 Å². The second kappa shape index (κ2) is 9.48. The molecule has 2 unspecified atom stereocenters. The van der Waals surface area contributed by atoms with Gasteiger partial charge in [0, 0.05) is 31.9 Å². The standard InChI is InChI=1S/C25H25FN4O6/c1-16-23(32)29(25(34)30(16)18-8-6-17(26)7-9-18)14-22(31)27-10-12-28(13-11-27)24(33)21-15-35-19-4-2-3-5-20(19)36-21/h2-9,16,21H,10-15H2,1H3. The third-order valence-electron chi connectivity index (χ3n) is 6.57. The number of carbonyl (C=O) groups is 4. The molecule has 2 saturated heterocycles. The van der Waals surface area contributed by atoms with Crippen LogP contribution in [-0.2, 0) is 14.4 Å². The van der Waals surface area contributed by atoms with Gasteiger partial charge >= 0.3 is 6.03 Å². The highest BCUT2D eigenvalue weighted by molar-refractivity contribution is 6.15. The van der Waals surface area contributed by atoms with Gasteiger partial charge in [-0.2, -0.15) is 0 Å². The Morgan fingerprint density at radius 1 is 0.944 bits per heavy atom. The number of rotatable bonds is 4. The summed E-state index contributed by atoms with van der Waals surface area (Å²) in [6.07, 6.45) is -0.763. The van der Waals surface area contributed by atoms with Crippen molar-refractivity contribution in [3.63, 3.8) is 0 Å². The first-order valence-corrected chi connectivity index (χ1v) is 11.7. The molecule has 0 bridgehead atoms. The number of fused-ring (bicyclic) bond motifs is 1. The fraction of sp³-hybridized carbons (Fsp3) is 0.360. The van der Waals surface area contributed by atoms with E-state index < -0.39 is 36.4 Å². The van der Waals surface area contributed by atoms with Crippen LogP contribution in [0.15, 0.2) is 48.5 Å². The summed E-state index contributed by atoms with van der Waals surface area (Å²) in [6, 6.07) is 10.9. The number of hydrogen-bond acceptors (Lipinski definition) is 6.